The standard InChI is InChI=1S/C13H21NO/c1-10-4-5-11(2)13(15,8-10)12(9-14)6-3-7-12/h10-11,15H,3-8H2,1-2H3. The second kappa shape index (κ2) is 3.49. The summed E-state index contributed by atoms with van der Waals surface area (Å²) >= 11 is 0. The Labute approximate surface area is 92.3 Å². The summed E-state index contributed by atoms with van der Waals surface area (Å²) in [4.78, 5) is 0. The highest BCUT2D eigenvalue weighted by Gasteiger charge is 2.58. The van der Waals surface area contributed by atoms with Gasteiger partial charge in [0.25, 0.3) is 0 Å². The van der Waals surface area contributed by atoms with E-state index in [-0.39, 0.29) is 5.92 Å². The first-order valence-electron chi connectivity index (χ1n) is 6.18. The Morgan fingerprint density at radius 3 is 2.40 bits per heavy atom. The molecule has 2 aliphatic rings. The number of hydrogen-bond donors (Lipinski definition) is 1. The fraction of sp³-hybridized carbons (Fsp3) is 0.923. The van der Waals surface area contributed by atoms with Crippen molar-refractivity contribution in [3.63, 3.8) is 0 Å². The van der Waals surface area contributed by atoms with Crippen molar-refractivity contribution in [1.82, 2.24) is 0 Å². The minimum atomic E-state index is -0.711. The third-order valence-electron chi connectivity index (χ3n) is 4.82. The predicted molar refractivity (Wildman–Crippen MR) is 59.0 cm³/mol. The minimum Gasteiger partial charge on any atom is -0.388 e. The second-order valence-electron chi connectivity index (χ2n) is 5.76. The lowest BCUT2D eigenvalue weighted by Gasteiger charge is -2.54. The van der Waals surface area contributed by atoms with Crippen molar-refractivity contribution >= 4 is 0 Å². The summed E-state index contributed by atoms with van der Waals surface area (Å²) < 4.78 is 0. The van der Waals surface area contributed by atoms with Crippen LogP contribution in [0.5, 0.6) is 0 Å². The maximum absolute atomic E-state index is 10.9. The van der Waals surface area contributed by atoms with Crippen LogP contribution in [-0.4, -0.2) is 10.7 Å². The van der Waals surface area contributed by atoms with Crippen LogP contribution in [0.2, 0.25) is 0 Å². The smallest absolute Gasteiger partial charge is 0.0863 e. The zero-order chi connectivity index (χ0) is 11.1. The van der Waals surface area contributed by atoms with Gasteiger partial charge in [0, 0.05) is 0 Å². The highest BCUT2D eigenvalue weighted by Crippen LogP contribution is 2.56. The molecule has 2 saturated carbocycles. The summed E-state index contributed by atoms with van der Waals surface area (Å²) in [7, 11) is 0. The fourth-order valence-corrected chi connectivity index (χ4v) is 3.45. The Bertz CT molecular complexity index is 289. The van der Waals surface area contributed by atoms with Crippen molar-refractivity contribution in [2.24, 2.45) is 17.3 Å². The van der Waals surface area contributed by atoms with Crippen molar-refractivity contribution in [1.29, 1.82) is 5.26 Å². The molecular weight excluding hydrogens is 186 g/mol. The van der Waals surface area contributed by atoms with Gasteiger partial charge in [-0.05, 0) is 37.5 Å². The van der Waals surface area contributed by atoms with Crippen LogP contribution < -0.4 is 0 Å². The van der Waals surface area contributed by atoms with E-state index in [0.29, 0.717) is 5.92 Å². The zero-order valence-corrected chi connectivity index (χ0v) is 9.79. The van der Waals surface area contributed by atoms with E-state index in [1.165, 1.54) is 6.42 Å². The van der Waals surface area contributed by atoms with E-state index >= 15 is 0 Å². The third kappa shape index (κ3) is 1.40. The van der Waals surface area contributed by atoms with Gasteiger partial charge < -0.3 is 5.11 Å². The second-order valence-corrected chi connectivity index (χ2v) is 5.76. The molecule has 0 heterocycles. The molecule has 2 nitrogen and oxygen atoms in total. The molecule has 0 aromatic rings. The molecule has 2 aliphatic carbocycles. The van der Waals surface area contributed by atoms with Crippen LogP contribution in [0.1, 0.15) is 52.4 Å². The van der Waals surface area contributed by atoms with Gasteiger partial charge in [-0.1, -0.05) is 26.7 Å². The number of aliphatic hydroxyl groups is 1. The average Bonchev–Trinajstić information content (AvgIpc) is 2.11. The topological polar surface area (TPSA) is 44.0 Å². The summed E-state index contributed by atoms with van der Waals surface area (Å²) in [6, 6.07) is 2.43. The van der Waals surface area contributed by atoms with Gasteiger partial charge in [0.15, 0.2) is 0 Å². The number of nitrogens with zero attached hydrogens (tertiary/aromatic N) is 1. The monoisotopic (exact) mass is 207 g/mol. The van der Waals surface area contributed by atoms with E-state index in [2.05, 4.69) is 19.9 Å². The Kier molecular flexibility index (Phi) is 2.55. The molecule has 0 spiro atoms. The molecule has 0 bridgehead atoms. The first-order valence-corrected chi connectivity index (χ1v) is 6.18. The fourth-order valence-electron chi connectivity index (χ4n) is 3.45. The molecule has 2 heteroatoms. The first-order chi connectivity index (χ1) is 7.04. The highest BCUT2D eigenvalue weighted by atomic mass is 16.3. The molecule has 0 saturated heterocycles. The number of nitriles is 1. The van der Waals surface area contributed by atoms with Crippen LogP contribution in [0.4, 0.5) is 0 Å². The predicted octanol–water partition coefficient (Wildman–Crippen LogP) is 2.87. The zero-order valence-electron chi connectivity index (χ0n) is 9.79. The number of rotatable bonds is 1. The van der Waals surface area contributed by atoms with Crippen LogP contribution in [0.15, 0.2) is 0 Å². The summed E-state index contributed by atoms with van der Waals surface area (Å²) in [6.07, 6.45) is 6.00. The maximum Gasteiger partial charge on any atom is 0.0863 e. The van der Waals surface area contributed by atoms with E-state index in [0.717, 1.165) is 32.1 Å². The van der Waals surface area contributed by atoms with Gasteiger partial charge in [-0.15, -0.1) is 0 Å². The maximum atomic E-state index is 10.9. The molecule has 0 aromatic carbocycles. The molecule has 0 radical (unpaired) electrons. The lowest BCUT2D eigenvalue weighted by atomic mass is 9.51. The summed E-state index contributed by atoms with van der Waals surface area (Å²) in [5.41, 5.74) is -1.13. The van der Waals surface area contributed by atoms with Crippen LogP contribution in [0.25, 0.3) is 0 Å². The van der Waals surface area contributed by atoms with Gasteiger partial charge >= 0.3 is 0 Å². The Morgan fingerprint density at radius 2 is 1.93 bits per heavy atom. The molecule has 2 fully saturated rings. The molecule has 0 amide bonds. The minimum absolute atomic E-state index is 0.286. The van der Waals surface area contributed by atoms with E-state index in [4.69, 9.17) is 0 Å². The van der Waals surface area contributed by atoms with Gasteiger partial charge in [0.1, 0.15) is 0 Å². The summed E-state index contributed by atoms with van der Waals surface area (Å²) in [6.45, 7) is 4.31. The van der Waals surface area contributed by atoms with E-state index in [1.807, 2.05) is 0 Å². The van der Waals surface area contributed by atoms with Crippen LogP contribution in [0, 0.1) is 28.6 Å². The third-order valence-corrected chi connectivity index (χ3v) is 4.82. The Hall–Kier alpha value is -0.550. The molecular formula is C13H21NO. The molecule has 15 heavy (non-hydrogen) atoms. The van der Waals surface area contributed by atoms with Gasteiger partial charge in [0.05, 0.1) is 17.1 Å². The van der Waals surface area contributed by atoms with Crippen LogP contribution in [0.3, 0.4) is 0 Å². The van der Waals surface area contributed by atoms with Crippen molar-refractivity contribution in [2.45, 2.75) is 58.0 Å². The lowest BCUT2D eigenvalue weighted by Crippen LogP contribution is -2.58. The highest BCUT2D eigenvalue weighted by molar-refractivity contribution is 5.18. The van der Waals surface area contributed by atoms with Crippen molar-refractivity contribution in [3.05, 3.63) is 0 Å². The number of hydrogen-bond acceptors (Lipinski definition) is 2. The lowest BCUT2D eigenvalue weighted by molar-refractivity contribution is -0.158. The normalized spacial score (nSPS) is 44.1. The van der Waals surface area contributed by atoms with E-state index < -0.39 is 11.0 Å². The van der Waals surface area contributed by atoms with Crippen LogP contribution in [-0.2, 0) is 0 Å². The largest absolute Gasteiger partial charge is 0.388 e. The summed E-state index contributed by atoms with van der Waals surface area (Å²) in [5.74, 6) is 0.852. The molecule has 84 valence electrons. The molecule has 3 atom stereocenters. The SMILES string of the molecule is CC1CCC(C)C(O)(C2(C#N)CCC2)C1. The molecule has 3 unspecified atom stereocenters. The Morgan fingerprint density at radius 1 is 1.27 bits per heavy atom. The average molecular weight is 207 g/mol. The molecule has 0 aromatic heterocycles. The first kappa shape index (κ1) is 11.0. The van der Waals surface area contributed by atoms with E-state index in [9.17, 15) is 10.4 Å². The molecule has 1 N–H and O–H groups in total. The van der Waals surface area contributed by atoms with Crippen molar-refractivity contribution in [3.8, 4) is 6.07 Å². The van der Waals surface area contributed by atoms with Gasteiger partial charge in [0.2, 0.25) is 0 Å². The van der Waals surface area contributed by atoms with Gasteiger partial charge in [-0.2, -0.15) is 5.26 Å². The van der Waals surface area contributed by atoms with Gasteiger partial charge in [-0.3, -0.25) is 0 Å². The summed E-state index contributed by atoms with van der Waals surface area (Å²) in [5, 5.41) is 20.2. The van der Waals surface area contributed by atoms with Crippen molar-refractivity contribution in [2.75, 3.05) is 0 Å². The molecule has 0 aliphatic heterocycles. The van der Waals surface area contributed by atoms with Gasteiger partial charge in [-0.25, -0.2) is 0 Å². The molecule has 2 rings (SSSR count). The Balaban J connectivity index is 2.26. The quantitative estimate of drug-likeness (QED) is 0.718. The van der Waals surface area contributed by atoms with Crippen LogP contribution >= 0.6 is 0 Å². The van der Waals surface area contributed by atoms with Crippen molar-refractivity contribution < 1.29 is 5.11 Å². The van der Waals surface area contributed by atoms with E-state index in [1.54, 1.807) is 0 Å².